The fourth-order valence-electron chi connectivity index (χ4n) is 5.70. The fourth-order valence-corrected chi connectivity index (χ4v) is 5.70. The summed E-state index contributed by atoms with van der Waals surface area (Å²) in [6.45, 7) is -0.0208. The van der Waals surface area contributed by atoms with Crippen molar-refractivity contribution in [1.82, 2.24) is 9.55 Å². The third-order valence-corrected chi connectivity index (χ3v) is 8.22. The first-order chi connectivity index (χ1) is 22.9. The average molecular weight is 635 g/mol. The van der Waals surface area contributed by atoms with Gasteiger partial charge in [-0.15, -0.1) is 12.3 Å². The average Bonchev–Trinajstić information content (AvgIpc) is 3.48. The summed E-state index contributed by atoms with van der Waals surface area (Å²) in [5, 5.41) is 11.2. The zero-order valence-electron chi connectivity index (χ0n) is 26.5. The Labute approximate surface area is 274 Å². The van der Waals surface area contributed by atoms with Crippen molar-refractivity contribution in [3.63, 3.8) is 0 Å². The molecule has 2 heterocycles. The van der Waals surface area contributed by atoms with Gasteiger partial charge in [-0.25, -0.2) is 4.79 Å². The molecule has 4 aromatic rings. The number of nitrogens with zero attached hydrogens (tertiary/aromatic N) is 1. The lowest BCUT2D eigenvalue weighted by Crippen LogP contribution is -2.38. The number of aromatic amines is 1. The molecule has 9 heteroatoms. The third kappa shape index (κ3) is 7.51. The van der Waals surface area contributed by atoms with Crippen LogP contribution in [0.15, 0.2) is 94.6 Å². The number of rotatable bonds is 12. The number of terminal acetylenes is 1. The number of hydrogen-bond acceptors (Lipinski definition) is 7. The molecule has 0 aliphatic carbocycles. The van der Waals surface area contributed by atoms with Crippen LogP contribution in [0.25, 0.3) is 0 Å². The molecule has 47 heavy (non-hydrogen) atoms. The molecule has 1 aliphatic rings. The topological polar surface area (TPSA) is 112 Å². The van der Waals surface area contributed by atoms with E-state index < -0.39 is 35.3 Å². The van der Waals surface area contributed by atoms with Crippen LogP contribution >= 0.6 is 0 Å². The molecule has 5 rings (SSSR count). The standard InChI is InChI=1S/C38H38N2O7/c1-4-5-6-7-8-10-13-27-25-40(37(43)39-36(27)42)35-24-33(41)34(47-35)26-46-38(28-14-11-9-12-15-28,29-16-20-31(44-2)21-17-29)30-18-22-32(45-3)23-19-30/h1,9,11-12,14-23,25,33-35,41H,5-8,24,26H2,2-3H3,(H,39,42,43)/t33-,34+,35+/m0/s1. The summed E-state index contributed by atoms with van der Waals surface area (Å²) < 4.78 is 25.3. The first-order valence-corrected chi connectivity index (χ1v) is 15.5. The molecule has 0 radical (unpaired) electrons. The molecule has 3 atom stereocenters. The van der Waals surface area contributed by atoms with E-state index in [1.807, 2.05) is 78.9 Å². The number of nitrogens with one attached hydrogen (secondary N) is 1. The van der Waals surface area contributed by atoms with E-state index in [1.54, 1.807) is 14.2 Å². The van der Waals surface area contributed by atoms with Crippen LogP contribution in [0.2, 0.25) is 0 Å². The number of unbranched alkanes of at least 4 members (excludes halogenated alkanes) is 3. The highest BCUT2D eigenvalue weighted by Crippen LogP contribution is 2.42. The highest BCUT2D eigenvalue weighted by Gasteiger charge is 2.42. The van der Waals surface area contributed by atoms with Gasteiger partial charge in [0.05, 0.1) is 26.9 Å². The molecule has 1 fully saturated rings. The van der Waals surface area contributed by atoms with Crippen LogP contribution in [0.4, 0.5) is 0 Å². The molecule has 1 aliphatic heterocycles. The van der Waals surface area contributed by atoms with Crippen LogP contribution in [0.5, 0.6) is 11.5 Å². The zero-order chi connectivity index (χ0) is 33.2. The van der Waals surface area contributed by atoms with Crippen LogP contribution in [0.3, 0.4) is 0 Å². The molecular formula is C38H38N2O7. The second-order valence-electron chi connectivity index (χ2n) is 11.2. The van der Waals surface area contributed by atoms with E-state index in [2.05, 4.69) is 22.7 Å². The molecule has 0 amide bonds. The Kier molecular flexibility index (Phi) is 11.0. The number of benzene rings is 3. The maximum atomic E-state index is 12.8. The van der Waals surface area contributed by atoms with E-state index >= 15 is 0 Å². The second-order valence-corrected chi connectivity index (χ2v) is 11.2. The fraction of sp³-hybridized carbons (Fsp3) is 0.316. The van der Waals surface area contributed by atoms with Gasteiger partial charge in [0, 0.05) is 25.5 Å². The van der Waals surface area contributed by atoms with Gasteiger partial charge in [0.25, 0.3) is 5.56 Å². The summed E-state index contributed by atoms with van der Waals surface area (Å²) >= 11 is 0. The largest absolute Gasteiger partial charge is 0.497 e. The zero-order valence-corrected chi connectivity index (χ0v) is 26.5. The van der Waals surface area contributed by atoms with E-state index in [9.17, 15) is 14.7 Å². The molecule has 1 aromatic heterocycles. The summed E-state index contributed by atoms with van der Waals surface area (Å²) in [6, 6.07) is 25.1. The van der Waals surface area contributed by atoms with Gasteiger partial charge in [-0.3, -0.25) is 14.3 Å². The molecule has 9 nitrogen and oxygen atoms in total. The van der Waals surface area contributed by atoms with Gasteiger partial charge in [-0.1, -0.05) is 66.4 Å². The van der Waals surface area contributed by atoms with Crippen molar-refractivity contribution >= 4 is 0 Å². The highest BCUT2D eigenvalue weighted by molar-refractivity contribution is 5.49. The SMILES string of the molecule is C#CCCCCC#Cc1cn([C@H]2C[C@H](O)[C@@H](COC(c3ccccc3)(c3ccc(OC)cc3)c3ccc(OC)cc3)O2)c(=O)[nH]c1=O. The van der Waals surface area contributed by atoms with E-state index in [0.29, 0.717) is 24.3 Å². The van der Waals surface area contributed by atoms with Crippen LogP contribution in [0, 0.1) is 24.2 Å². The summed E-state index contributed by atoms with van der Waals surface area (Å²) in [6.07, 6.45) is 7.12. The second kappa shape index (κ2) is 15.5. The minimum atomic E-state index is -1.11. The number of hydrogen-bond donors (Lipinski definition) is 2. The number of aliphatic hydroxyl groups is 1. The predicted octanol–water partition coefficient (Wildman–Crippen LogP) is 4.76. The Morgan fingerprint density at radius 2 is 1.51 bits per heavy atom. The van der Waals surface area contributed by atoms with Gasteiger partial charge in [-0.2, -0.15) is 0 Å². The Morgan fingerprint density at radius 1 is 0.915 bits per heavy atom. The van der Waals surface area contributed by atoms with E-state index in [4.69, 9.17) is 25.4 Å². The molecule has 3 aromatic carbocycles. The first-order valence-electron chi connectivity index (χ1n) is 15.5. The summed E-state index contributed by atoms with van der Waals surface area (Å²) in [4.78, 5) is 27.6. The predicted molar refractivity (Wildman–Crippen MR) is 178 cm³/mol. The minimum Gasteiger partial charge on any atom is -0.497 e. The Balaban J connectivity index is 1.45. The lowest BCUT2D eigenvalue weighted by atomic mass is 9.80. The van der Waals surface area contributed by atoms with Gasteiger partial charge in [0.15, 0.2) is 0 Å². The van der Waals surface area contributed by atoms with Crippen LogP contribution in [-0.2, 0) is 15.1 Å². The van der Waals surface area contributed by atoms with Crippen LogP contribution in [-0.4, -0.2) is 47.7 Å². The molecule has 242 valence electrons. The monoisotopic (exact) mass is 634 g/mol. The third-order valence-electron chi connectivity index (χ3n) is 8.22. The molecule has 0 bridgehead atoms. The summed E-state index contributed by atoms with van der Waals surface area (Å²) in [7, 11) is 3.22. The quantitative estimate of drug-likeness (QED) is 0.131. The van der Waals surface area contributed by atoms with Crippen LogP contribution < -0.4 is 20.7 Å². The van der Waals surface area contributed by atoms with Crippen molar-refractivity contribution < 1.29 is 24.1 Å². The maximum absolute atomic E-state index is 12.8. The molecule has 2 N–H and O–H groups in total. The molecular weight excluding hydrogens is 596 g/mol. The van der Waals surface area contributed by atoms with Crippen molar-refractivity contribution in [2.45, 2.75) is 56.1 Å². The Morgan fingerprint density at radius 3 is 2.11 bits per heavy atom. The number of aromatic nitrogens is 2. The van der Waals surface area contributed by atoms with Gasteiger partial charge >= 0.3 is 5.69 Å². The Hall–Kier alpha value is -5.06. The lowest BCUT2D eigenvalue weighted by Gasteiger charge is -2.37. The smallest absolute Gasteiger partial charge is 0.330 e. The van der Waals surface area contributed by atoms with Crippen LogP contribution in [0.1, 0.15) is 60.6 Å². The number of aliphatic hydroxyl groups excluding tert-OH is 1. The first kappa shape index (κ1) is 33.3. The molecule has 0 saturated carbocycles. The summed E-state index contributed by atoms with van der Waals surface area (Å²) in [5.41, 5.74) is 0.325. The van der Waals surface area contributed by atoms with Crippen molar-refractivity contribution in [1.29, 1.82) is 0 Å². The maximum Gasteiger partial charge on any atom is 0.330 e. The Bertz CT molecular complexity index is 1800. The van der Waals surface area contributed by atoms with Gasteiger partial charge in [0.1, 0.15) is 35.0 Å². The molecule has 0 unspecified atom stereocenters. The van der Waals surface area contributed by atoms with Crippen molar-refractivity contribution in [2.75, 3.05) is 20.8 Å². The molecule has 1 saturated heterocycles. The van der Waals surface area contributed by atoms with Crippen molar-refractivity contribution in [3.8, 4) is 35.7 Å². The summed E-state index contributed by atoms with van der Waals surface area (Å²) in [5.74, 6) is 9.81. The van der Waals surface area contributed by atoms with E-state index in [1.165, 1.54) is 10.8 Å². The van der Waals surface area contributed by atoms with Gasteiger partial charge in [0.2, 0.25) is 0 Å². The number of H-pyrrole nitrogens is 1. The molecule has 0 spiro atoms. The normalized spacial score (nSPS) is 17.4. The lowest BCUT2D eigenvalue weighted by molar-refractivity contribution is -0.0944. The van der Waals surface area contributed by atoms with Gasteiger partial charge in [-0.05, 0) is 53.8 Å². The number of ether oxygens (including phenoxy) is 4. The van der Waals surface area contributed by atoms with E-state index in [0.717, 1.165) is 29.5 Å². The van der Waals surface area contributed by atoms with Crippen molar-refractivity contribution in [2.24, 2.45) is 0 Å². The minimum absolute atomic E-state index is 0.0208. The van der Waals surface area contributed by atoms with Gasteiger partial charge < -0.3 is 24.1 Å². The van der Waals surface area contributed by atoms with E-state index in [-0.39, 0.29) is 18.6 Å². The van der Waals surface area contributed by atoms with Crippen molar-refractivity contribution in [3.05, 3.63) is 128 Å². The highest BCUT2D eigenvalue weighted by atomic mass is 16.6. The number of methoxy groups -OCH3 is 2.